The van der Waals surface area contributed by atoms with Gasteiger partial charge < -0.3 is 5.73 Å². The molecule has 0 aliphatic carbocycles. The molecule has 0 aromatic carbocycles. The summed E-state index contributed by atoms with van der Waals surface area (Å²) in [6.45, 7) is 5.21. The number of nitrogens with two attached hydrogens (primary N) is 1. The molecule has 0 amide bonds. The smallest absolute Gasteiger partial charge is 0.135 e. The molecule has 0 aliphatic heterocycles. The molecule has 0 saturated heterocycles. The average Bonchev–Trinajstić information content (AvgIpc) is 2.46. The molecule has 3 nitrogen and oxygen atoms in total. The lowest BCUT2D eigenvalue weighted by Crippen LogP contribution is -2.03. The van der Waals surface area contributed by atoms with Crippen molar-refractivity contribution in [1.82, 2.24) is 9.78 Å². The Balaban J connectivity index is 2.62. The number of aromatic nitrogens is 2. The van der Waals surface area contributed by atoms with Crippen LogP contribution in [0.2, 0.25) is 0 Å². The summed E-state index contributed by atoms with van der Waals surface area (Å²) in [7, 11) is 0. The van der Waals surface area contributed by atoms with Gasteiger partial charge in [-0.3, -0.25) is 0 Å². The molecule has 1 aromatic rings. The molecule has 1 aromatic heterocycles. The molecule has 0 radical (unpaired) electrons. The van der Waals surface area contributed by atoms with Gasteiger partial charge in [-0.05, 0) is 18.6 Å². The standard InChI is InChI=1S/C9H17N3S/c1-3-5-12-9(10)8(7-11-12)13-6-4-2/h7H,3-6,10H2,1-2H3. The van der Waals surface area contributed by atoms with E-state index in [1.165, 1.54) is 6.42 Å². The SMILES string of the molecule is CCCSc1cnn(CCC)c1N. The minimum absolute atomic E-state index is 0.820. The summed E-state index contributed by atoms with van der Waals surface area (Å²) >= 11 is 1.79. The first-order chi connectivity index (χ1) is 6.29. The first-order valence-electron chi connectivity index (χ1n) is 4.73. The van der Waals surface area contributed by atoms with Crippen molar-refractivity contribution in [2.24, 2.45) is 0 Å². The van der Waals surface area contributed by atoms with Crippen LogP contribution in [-0.2, 0) is 6.54 Å². The van der Waals surface area contributed by atoms with E-state index in [1.807, 2.05) is 10.9 Å². The predicted octanol–water partition coefficient (Wildman–Crippen LogP) is 2.38. The number of anilines is 1. The second kappa shape index (κ2) is 5.17. The van der Waals surface area contributed by atoms with Gasteiger partial charge in [0.2, 0.25) is 0 Å². The van der Waals surface area contributed by atoms with Crippen LogP contribution in [0, 0.1) is 0 Å². The number of aryl methyl sites for hydroxylation is 1. The Bertz CT molecular complexity index is 257. The third-order valence-electron chi connectivity index (χ3n) is 1.74. The van der Waals surface area contributed by atoms with Gasteiger partial charge in [-0.15, -0.1) is 11.8 Å². The van der Waals surface area contributed by atoms with Crippen LogP contribution in [0.25, 0.3) is 0 Å². The van der Waals surface area contributed by atoms with Crippen molar-refractivity contribution < 1.29 is 0 Å². The van der Waals surface area contributed by atoms with Crippen molar-refractivity contribution in [2.75, 3.05) is 11.5 Å². The Morgan fingerprint density at radius 2 is 2.23 bits per heavy atom. The van der Waals surface area contributed by atoms with Crippen molar-refractivity contribution >= 4 is 17.6 Å². The van der Waals surface area contributed by atoms with Crippen molar-refractivity contribution in [2.45, 2.75) is 38.1 Å². The van der Waals surface area contributed by atoms with E-state index in [1.54, 1.807) is 11.8 Å². The summed E-state index contributed by atoms with van der Waals surface area (Å²) < 4.78 is 1.87. The van der Waals surface area contributed by atoms with Crippen LogP contribution in [0.4, 0.5) is 5.82 Å². The van der Waals surface area contributed by atoms with E-state index in [0.29, 0.717) is 0 Å². The molecule has 0 aliphatic rings. The molecule has 0 saturated carbocycles. The lowest BCUT2D eigenvalue weighted by molar-refractivity contribution is 0.610. The summed E-state index contributed by atoms with van der Waals surface area (Å²) in [5, 5.41) is 4.23. The van der Waals surface area contributed by atoms with Crippen LogP contribution in [-0.4, -0.2) is 15.5 Å². The van der Waals surface area contributed by atoms with Crippen LogP contribution in [0.5, 0.6) is 0 Å². The summed E-state index contributed by atoms with van der Waals surface area (Å²) in [6, 6.07) is 0. The maximum absolute atomic E-state index is 5.91. The highest BCUT2D eigenvalue weighted by molar-refractivity contribution is 7.99. The van der Waals surface area contributed by atoms with E-state index in [2.05, 4.69) is 18.9 Å². The van der Waals surface area contributed by atoms with Crippen LogP contribution < -0.4 is 5.73 Å². The zero-order chi connectivity index (χ0) is 9.68. The predicted molar refractivity (Wildman–Crippen MR) is 57.9 cm³/mol. The van der Waals surface area contributed by atoms with Gasteiger partial charge in [-0.25, -0.2) is 4.68 Å². The van der Waals surface area contributed by atoms with E-state index in [4.69, 9.17) is 5.73 Å². The molecule has 1 rings (SSSR count). The molecule has 4 heteroatoms. The van der Waals surface area contributed by atoms with Crippen LogP contribution in [0.1, 0.15) is 26.7 Å². The molecule has 74 valence electrons. The number of rotatable bonds is 5. The number of nitrogen functional groups attached to an aromatic ring is 1. The van der Waals surface area contributed by atoms with Gasteiger partial charge in [0.25, 0.3) is 0 Å². The number of hydrogen-bond donors (Lipinski definition) is 1. The lowest BCUT2D eigenvalue weighted by atomic mass is 10.5. The van der Waals surface area contributed by atoms with E-state index in [-0.39, 0.29) is 0 Å². The normalized spacial score (nSPS) is 10.6. The largest absolute Gasteiger partial charge is 0.383 e. The molecule has 1 heterocycles. The minimum atomic E-state index is 0.820. The van der Waals surface area contributed by atoms with Crippen LogP contribution in [0.15, 0.2) is 11.1 Å². The molecule has 2 N–H and O–H groups in total. The van der Waals surface area contributed by atoms with Crippen molar-refractivity contribution in [3.8, 4) is 0 Å². The molecule has 0 fully saturated rings. The highest BCUT2D eigenvalue weighted by Crippen LogP contribution is 2.24. The summed E-state index contributed by atoms with van der Waals surface area (Å²) in [4.78, 5) is 1.12. The second-order valence-electron chi connectivity index (χ2n) is 2.97. The molecule has 0 spiro atoms. The molecular weight excluding hydrogens is 182 g/mol. The zero-order valence-corrected chi connectivity index (χ0v) is 9.10. The fraction of sp³-hybridized carbons (Fsp3) is 0.667. The van der Waals surface area contributed by atoms with E-state index in [0.717, 1.165) is 29.4 Å². The zero-order valence-electron chi connectivity index (χ0n) is 8.29. The second-order valence-corrected chi connectivity index (χ2v) is 4.10. The number of thioether (sulfide) groups is 1. The fourth-order valence-electron chi connectivity index (χ4n) is 1.09. The van der Waals surface area contributed by atoms with Crippen molar-refractivity contribution in [1.29, 1.82) is 0 Å². The van der Waals surface area contributed by atoms with Crippen LogP contribution in [0.3, 0.4) is 0 Å². The number of nitrogens with zero attached hydrogens (tertiary/aromatic N) is 2. The Morgan fingerprint density at radius 3 is 2.85 bits per heavy atom. The van der Waals surface area contributed by atoms with Gasteiger partial charge in [-0.1, -0.05) is 13.8 Å². The topological polar surface area (TPSA) is 43.8 Å². The molecule has 13 heavy (non-hydrogen) atoms. The van der Waals surface area contributed by atoms with Crippen molar-refractivity contribution in [3.63, 3.8) is 0 Å². The Morgan fingerprint density at radius 1 is 1.46 bits per heavy atom. The van der Waals surface area contributed by atoms with Gasteiger partial charge >= 0.3 is 0 Å². The van der Waals surface area contributed by atoms with Gasteiger partial charge in [0.05, 0.1) is 11.1 Å². The van der Waals surface area contributed by atoms with Crippen molar-refractivity contribution in [3.05, 3.63) is 6.20 Å². The average molecular weight is 199 g/mol. The Hall–Kier alpha value is -0.640. The lowest BCUT2D eigenvalue weighted by Gasteiger charge is -2.02. The van der Waals surface area contributed by atoms with E-state index >= 15 is 0 Å². The van der Waals surface area contributed by atoms with Gasteiger partial charge in [-0.2, -0.15) is 5.10 Å². The van der Waals surface area contributed by atoms with Gasteiger partial charge in [0.1, 0.15) is 5.82 Å². The van der Waals surface area contributed by atoms with E-state index in [9.17, 15) is 0 Å². The molecule has 0 bridgehead atoms. The highest BCUT2D eigenvalue weighted by Gasteiger charge is 2.05. The summed E-state index contributed by atoms with van der Waals surface area (Å²) in [5.74, 6) is 1.93. The van der Waals surface area contributed by atoms with Gasteiger partial charge in [0.15, 0.2) is 0 Å². The maximum atomic E-state index is 5.91. The summed E-state index contributed by atoms with van der Waals surface area (Å²) in [6.07, 6.45) is 4.11. The third-order valence-corrected chi connectivity index (χ3v) is 2.98. The molecule has 0 unspecified atom stereocenters. The summed E-state index contributed by atoms with van der Waals surface area (Å²) in [5.41, 5.74) is 5.91. The minimum Gasteiger partial charge on any atom is -0.383 e. The highest BCUT2D eigenvalue weighted by atomic mass is 32.2. The Labute approximate surface area is 83.7 Å². The molecular formula is C9H17N3S. The number of hydrogen-bond acceptors (Lipinski definition) is 3. The van der Waals surface area contributed by atoms with Crippen LogP contribution >= 0.6 is 11.8 Å². The fourth-order valence-corrected chi connectivity index (χ4v) is 1.89. The molecule has 0 atom stereocenters. The quantitative estimate of drug-likeness (QED) is 0.740. The maximum Gasteiger partial charge on any atom is 0.135 e. The third kappa shape index (κ3) is 2.66. The monoisotopic (exact) mass is 199 g/mol. The first kappa shape index (κ1) is 10.4. The van der Waals surface area contributed by atoms with Gasteiger partial charge in [0, 0.05) is 6.54 Å². The van der Waals surface area contributed by atoms with E-state index < -0.39 is 0 Å². The Kier molecular flexibility index (Phi) is 4.15. The first-order valence-corrected chi connectivity index (χ1v) is 5.72.